The van der Waals surface area contributed by atoms with E-state index in [2.05, 4.69) is 0 Å². The van der Waals surface area contributed by atoms with Crippen molar-refractivity contribution < 1.29 is 9.72 Å². The number of amides is 1. The fourth-order valence-electron chi connectivity index (χ4n) is 2.89. The summed E-state index contributed by atoms with van der Waals surface area (Å²) in [6, 6.07) is 4.34. The maximum atomic E-state index is 12.5. The first kappa shape index (κ1) is 19.7. The van der Waals surface area contributed by atoms with E-state index in [0.717, 1.165) is 19.3 Å². The maximum Gasteiger partial charge on any atom is 0.269 e. The lowest BCUT2D eigenvalue weighted by molar-refractivity contribution is -0.384. The van der Waals surface area contributed by atoms with Crippen LogP contribution in [0.2, 0.25) is 5.02 Å². The van der Waals surface area contributed by atoms with Gasteiger partial charge < -0.3 is 10.6 Å². The Morgan fingerprint density at radius 2 is 2.17 bits per heavy atom. The molecule has 1 aromatic rings. The molecule has 2 rings (SSSR count). The molecule has 0 spiro atoms. The molecule has 2 N–H and O–H groups in total. The van der Waals surface area contributed by atoms with Crippen LogP contribution in [-0.2, 0) is 11.3 Å². The van der Waals surface area contributed by atoms with Crippen molar-refractivity contribution in [2.45, 2.75) is 38.3 Å². The van der Waals surface area contributed by atoms with Crippen molar-refractivity contribution in [3.8, 4) is 0 Å². The zero-order valence-corrected chi connectivity index (χ0v) is 14.5. The zero-order valence-electron chi connectivity index (χ0n) is 12.9. The fraction of sp³-hybridized carbons (Fsp3) is 0.533. The van der Waals surface area contributed by atoms with Crippen molar-refractivity contribution in [1.29, 1.82) is 0 Å². The number of nitrogens with zero attached hydrogens (tertiary/aromatic N) is 2. The summed E-state index contributed by atoms with van der Waals surface area (Å²) in [5.41, 5.74) is 6.47. The Morgan fingerprint density at radius 3 is 2.78 bits per heavy atom. The van der Waals surface area contributed by atoms with Crippen LogP contribution in [0.1, 0.15) is 31.2 Å². The molecule has 1 aliphatic carbocycles. The molecule has 6 nitrogen and oxygen atoms in total. The number of halogens is 2. The quantitative estimate of drug-likeness (QED) is 0.658. The Bertz CT molecular complexity index is 583. The van der Waals surface area contributed by atoms with Crippen LogP contribution < -0.4 is 5.73 Å². The van der Waals surface area contributed by atoms with Gasteiger partial charge in [0.25, 0.3) is 5.69 Å². The van der Waals surface area contributed by atoms with Crippen LogP contribution in [0.3, 0.4) is 0 Å². The number of nitro groups is 1. The van der Waals surface area contributed by atoms with Gasteiger partial charge in [-0.25, -0.2) is 0 Å². The molecule has 0 aliphatic heterocycles. The first-order valence-corrected chi connectivity index (χ1v) is 7.69. The van der Waals surface area contributed by atoms with Gasteiger partial charge in [-0.15, -0.1) is 12.4 Å². The molecular formula is C15H21Cl2N3O3. The molecule has 1 saturated carbocycles. The second kappa shape index (κ2) is 8.47. The number of carbonyl (C=O) groups excluding carboxylic acids is 1. The summed E-state index contributed by atoms with van der Waals surface area (Å²) in [7, 11) is 1.69. The Labute approximate surface area is 146 Å². The largest absolute Gasteiger partial charge is 0.341 e. The Balaban J connectivity index is 0.00000264. The van der Waals surface area contributed by atoms with Crippen molar-refractivity contribution in [1.82, 2.24) is 4.90 Å². The van der Waals surface area contributed by atoms with Crippen LogP contribution in [0, 0.1) is 16.0 Å². The number of non-ortho nitro benzene ring substituents is 1. The van der Waals surface area contributed by atoms with Crippen LogP contribution in [0.15, 0.2) is 18.2 Å². The van der Waals surface area contributed by atoms with Crippen LogP contribution in [0.25, 0.3) is 0 Å². The zero-order chi connectivity index (χ0) is 16.3. The van der Waals surface area contributed by atoms with Crippen LogP contribution in [-0.4, -0.2) is 28.8 Å². The molecule has 23 heavy (non-hydrogen) atoms. The highest BCUT2D eigenvalue weighted by Crippen LogP contribution is 2.27. The summed E-state index contributed by atoms with van der Waals surface area (Å²) in [6.07, 6.45) is 3.47. The van der Waals surface area contributed by atoms with E-state index in [1.807, 2.05) is 0 Å². The normalized spacial score (nSPS) is 20.5. The number of benzene rings is 1. The minimum absolute atomic E-state index is 0. The highest BCUT2D eigenvalue weighted by Gasteiger charge is 2.28. The lowest BCUT2D eigenvalue weighted by Crippen LogP contribution is -2.38. The topological polar surface area (TPSA) is 89.5 Å². The number of carbonyl (C=O) groups is 1. The molecule has 128 valence electrons. The van der Waals surface area contributed by atoms with Gasteiger partial charge in [-0.2, -0.15) is 0 Å². The molecular weight excluding hydrogens is 341 g/mol. The number of rotatable bonds is 4. The highest BCUT2D eigenvalue weighted by molar-refractivity contribution is 6.31. The summed E-state index contributed by atoms with van der Waals surface area (Å²) in [5, 5.41) is 11.3. The minimum Gasteiger partial charge on any atom is -0.341 e. The van der Waals surface area contributed by atoms with Gasteiger partial charge in [-0.1, -0.05) is 18.0 Å². The van der Waals surface area contributed by atoms with Gasteiger partial charge in [-0.05, 0) is 30.9 Å². The second-order valence-corrected chi connectivity index (χ2v) is 6.26. The predicted octanol–water partition coefficient (Wildman–Crippen LogP) is 3.15. The molecule has 2 unspecified atom stereocenters. The lowest BCUT2D eigenvalue weighted by atomic mass is 9.85. The summed E-state index contributed by atoms with van der Waals surface area (Å²) in [5.74, 6) is -0.0380. The molecule has 1 amide bonds. The third-order valence-corrected chi connectivity index (χ3v) is 4.46. The van der Waals surface area contributed by atoms with E-state index in [4.69, 9.17) is 17.3 Å². The van der Waals surface area contributed by atoms with Crippen molar-refractivity contribution in [2.75, 3.05) is 7.05 Å². The smallest absolute Gasteiger partial charge is 0.269 e. The summed E-state index contributed by atoms with van der Waals surface area (Å²) < 4.78 is 0. The van der Waals surface area contributed by atoms with Crippen LogP contribution >= 0.6 is 24.0 Å². The fourth-order valence-corrected chi connectivity index (χ4v) is 3.07. The lowest BCUT2D eigenvalue weighted by Gasteiger charge is -2.29. The third-order valence-electron chi connectivity index (χ3n) is 4.09. The van der Waals surface area contributed by atoms with Gasteiger partial charge in [0, 0.05) is 42.7 Å². The summed E-state index contributed by atoms with van der Waals surface area (Å²) >= 11 is 6.08. The number of hydrogen-bond donors (Lipinski definition) is 1. The van der Waals surface area contributed by atoms with Gasteiger partial charge in [-0.3, -0.25) is 14.9 Å². The first-order chi connectivity index (χ1) is 10.4. The van der Waals surface area contributed by atoms with Crippen LogP contribution in [0.4, 0.5) is 5.69 Å². The van der Waals surface area contributed by atoms with E-state index in [9.17, 15) is 14.9 Å². The Kier molecular flexibility index (Phi) is 7.25. The molecule has 0 heterocycles. The van der Waals surface area contributed by atoms with Gasteiger partial charge in [0.2, 0.25) is 5.91 Å². The SMILES string of the molecule is CN(Cc1cc([N+](=O)[O-])ccc1Cl)C(=O)C1CCCC(N)C1.Cl. The Morgan fingerprint density at radius 1 is 1.48 bits per heavy atom. The first-order valence-electron chi connectivity index (χ1n) is 7.32. The predicted molar refractivity (Wildman–Crippen MR) is 91.8 cm³/mol. The van der Waals surface area contributed by atoms with Crippen molar-refractivity contribution in [2.24, 2.45) is 11.7 Å². The number of hydrogen-bond acceptors (Lipinski definition) is 4. The molecule has 0 bridgehead atoms. The van der Waals surface area contributed by atoms with Gasteiger partial charge in [0.05, 0.1) is 4.92 Å². The Hall–Kier alpha value is -1.37. The second-order valence-electron chi connectivity index (χ2n) is 5.85. The van der Waals surface area contributed by atoms with Crippen molar-refractivity contribution in [3.05, 3.63) is 38.9 Å². The average molecular weight is 362 g/mol. The van der Waals surface area contributed by atoms with Crippen LogP contribution in [0.5, 0.6) is 0 Å². The summed E-state index contributed by atoms with van der Waals surface area (Å²) in [4.78, 5) is 24.4. The van der Waals surface area contributed by atoms with E-state index in [0.29, 0.717) is 17.0 Å². The van der Waals surface area contributed by atoms with E-state index < -0.39 is 4.92 Å². The van der Waals surface area contributed by atoms with Crippen molar-refractivity contribution in [3.63, 3.8) is 0 Å². The standard InChI is InChI=1S/C15H20ClN3O3.ClH/c1-18(15(20)10-3-2-4-12(17)7-10)9-11-8-13(19(21)22)5-6-14(11)16;/h5-6,8,10,12H,2-4,7,9,17H2,1H3;1H. The highest BCUT2D eigenvalue weighted by atomic mass is 35.5. The molecule has 2 atom stereocenters. The van der Waals surface area contributed by atoms with E-state index in [1.54, 1.807) is 11.9 Å². The molecule has 1 aliphatic rings. The van der Waals surface area contributed by atoms with Gasteiger partial charge in [0.15, 0.2) is 0 Å². The third kappa shape index (κ3) is 5.06. The molecule has 8 heteroatoms. The molecule has 0 radical (unpaired) electrons. The molecule has 1 aromatic carbocycles. The summed E-state index contributed by atoms with van der Waals surface area (Å²) in [6.45, 7) is 0.255. The molecule has 0 aromatic heterocycles. The number of nitro benzene ring substituents is 1. The van der Waals surface area contributed by atoms with Crippen molar-refractivity contribution >= 4 is 35.6 Å². The maximum absolute atomic E-state index is 12.5. The van der Waals surface area contributed by atoms with Gasteiger partial charge in [0.1, 0.15) is 0 Å². The van der Waals surface area contributed by atoms with Gasteiger partial charge >= 0.3 is 0 Å². The average Bonchev–Trinajstić information content (AvgIpc) is 2.48. The van der Waals surface area contributed by atoms with E-state index in [1.165, 1.54) is 18.2 Å². The monoisotopic (exact) mass is 361 g/mol. The number of nitrogens with two attached hydrogens (primary N) is 1. The molecule has 1 fully saturated rings. The van der Waals surface area contributed by atoms with E-state index in [-0.39, 0.29) is 42.5 Å². The molecule has 0 saturated heterocycles. The minimum atomic E-state index is -0.470. The van der Waals surface area contributed by atoms with E-state index >= 15 is 0 Å².